The van der Waals surface area contributed by atoms with Crippen LogP contribution in [0.2, 0.25) is 0 Å². The number of aromatic nitrogens is 1. The molecule has 178 valence electrons. The van der Waals surface area contributed by atoms with Gasteiger partial charge in [-0.2, -0.15) is 4.31 Å². The van der Waals surface area contributed by atoms with Gasteiger partial charge in [0.2, 0.25) is 15.9 Å². The third kappa shape index (κ3) is 6.59. The van der Waals surface area contributed by atoms with E-state index in [9.17, 15) is 13.2 Å². The van der Waals surface area contributed by atoms with E-state index < -0.39 is 10.0 Å². The van der Waals surface area contributed by atoms with E-state index in [1.54, 1.807) is 24.3 Å². The molecule has 1 aliphatic rings. The molecule has 1 fully saturated rings. The van der Waals surface area contributed by atoms with E-state index in [2.05, 4.69) is 10.3 Å². The van der Waals surface area contributed by atoms with Gasteiger partial charge in [0.25, 0.3) is 0 Å². The van der Waals surface area contributed by atoms with Gasteiger partial charge in [0.05, 0.1) is 10.8 Å². The van der Waals surface area contributed by atoms with Crippen LogP contribution in [0.4, 0.5) is 5.69 Å². The van der Waals surface area contributed by atoms with Gasteiger partial charge in [-0.05, 0) is 54.8 Å². The van der Waals surface area contributed by atoms with Crippen LogP contribution in [0.1, 0.15) is 24.8 Å². The van der Waals surface area contributed by atoms with E-state index in [-0.39, 0.29) is 16.6 Å². The molecule has 4 rings (SSSR count). The Morgan fingerprint density at radius 3 is 2.38 bits per heavy atom. The number of thioether (sulfide) groups is 1. The topological polar surface area (TPSA) is 88.6 Å². The number of nitrogens with one attached hydrogen (secondary N) is 1. The van der Waals surface area contributed by atoms with Crippen LogP contribution in [-0.4, -0.2) is 42.5 Å². The number of ether oxygens (including phenoxy) is 1. The maximum atomic E-state index is 12.7. The molecular formula is C25H27N3O4S2. The van der Waals surface area contributed by atoms with E-state index in [0.717, 1.165) is 30.6 Å². The highest BCUT2D eigenvalue weighted by Crippen LogP contribution is 2.23. The first-order valence-electron chi connectivity index (χ1n) is 11.2. The highest BCUT2D eigenvalue weighted by Gasteiger charge is 2.26. The van der Waals surface area contributed by atoms with Gasteiger partial charge in [0.1, 0.15) is 17.3 Å². The van der Waals surface area contributed by atoms with Crippen LogP contribution >= 0.6 is 11.8 Å². The Morgan fingerprint density at radius 2 is 1.71 bits per heavy atom. The number of amides is 1. The first-order valence-corrected chi connectivity index (χ1v) is 13.6. The largest absolute Gasteiger partial charge is 0.489 e. The van der Waals surface area contributed by atoms with Crippen molar-refractivity contribution in [2.24, 2.45) is 0 Å². The zero-order valence-corrected chi connectivity index (χ0v) is 20.4. The van der Waals surface area contributed by atoms with Gasteiger partial charge in [0, 0.05) is 25.0 Å². The van der Waals surface area contributed by atoms with Crippen LogP contribution in [0.5, 0.6) is 5.75 Å². The molecule has 0 aliphatic carbocycles. The molecule has 1 aliphatic heterocycles. The lowest BCUT2D eigenvalue weighted by molar-refractivity contribution is -0.113. The summed E-state index contributed by atoms with van der Waals surface area (Å²) in [6.45, 7) is 1.59. The van der Waals surface area contributed by atoms with Crippen molar-refractivity contribution in [1.29, 1.82) is 0 Å². The fourth-order valence-corrected chi connectivity index (χ4v) is 5.68. The Hall–Kier alpha value is -2.88. The van der Waals surface area contributed by atoms with Crippen molar-refractivity contribution in [3.05, 3.63) is 78.5 Å². The minimum absolute atomic E-state index is 0.164. The van der Waals surface area contributed by atoms with Crippen molar-refractivity contribution in [1.82, 2.24) is 9.29 Å². The third-order valence-electron chi connectivity index (χ3n) is 5.40. The number of carbonyl (C=O) groups excluding carboxylic acids is 1. The van der Waals surface area contributed by atoms with E-state index in [1.807, 2.05) is 42.5 Å². The van der Waals surface area contributed by atoms with Crippen molar-refractivity contribution in [3.8, 4) is 5.75 Å². The fourth-order valence-electron chi connectivity index (χ4n) is 3.57. The molecule has 0 unspecified atom stereocenters. The Balaban J connectivity index is 1.24. The molecule has 0 atom stereocenters. The van der Waals surface area contributed by atoms with Gasteiger partial charge < -0.3 is 10.1 Å². The number of piperidine rings is 1. The van der Waals surface area contributed by atoms with Crippen LogP contribution in [0.15, 0.2) is 82.8 Å². The van der Waals surface area contributed by atoms with Crippen molar-refractivity contribution in [2.75, 3.05) is 24.2 Å². The number of carbonyl (C=O) groups is 1. The van der Waals surface area contributed by atoms with Crippen molar-refractivity contribution >= 4 is 33.4 Å². The Labute approximate surface area is 204 Å². The average Bonchev–Trinajstić information content (AvgIpc) is 2.88. The molecule has 0 spiro atoms. The smallest absolute Gasteiger partial charge is 0.244 e. The van der Waals surface area contributed by atoms with E-state index in [0.29, 0.717) is 30.4 Å². The number of benzene rings is 2. The maximum Gasteiger partial charge on any atom is 0.244 e. The summed E-state index contributed by atoms with van der Waals surface area (Å²) < 4.78 is 32.7. The van der Waals surface area contributed by atoms with Crippen molar-refractivity contribution in [3.63, 3.8) is 0 Å². The summed E-state index contributed by atoms with van der Waals surface area (Å²) in [5.74, 6) is 0.715. The van der Waals surface area contributed by atoms with Crippen LogP contribution < -0.4 is 10.1 Å². The van der Waals surface area contributed by atoms with Crippen molar-refractivity contribution < 1.29 is 17.9 Å². The summed E-state index contributed by atoms with van der Waals surface area (Å²) in [6, 6.07) is 20.3. The lowest BCUT2D eigenvalue weighted by Crippen LogP contribution is -2.35. The van der Waals surface area contributed by atoms with Gasteiger partial charge in [-0.25, -0.2) is 13.4 Å². The first kappa shape index (κ1) is 24.3. The van der Waals surface area contributed by atoms with Gasteiger partial charge in [-0.3, -0.25) is 4.79 Å². The summed E-state index contributed by atoms with van der Waals surface area (Å²) in [7, 11) is -3.50. The van der Waals surface area contributed by atoms with Crippen molar-refractivity contribution in [2.45, 2.75) is 35.8 Å². The molecule has 1 amide bonds. The number of hydrogen-bond acceptors (Lipinski definition) is 6. The molecule has 1 N–H and O–H groups in total. The zero-order valence-electron chi connectivity index (χ0n) is 18.7. The highest BCUT2D eigenvalue weighted by atomic mass is 32.2. The number of rotatable bonds is 9. The lowest BCUT2D eigenvalue weighted by Gasteiger charge is -2.25. The number of pyridine rings is 1. The molecule has 0 radical (unpaired) electrons. The van der Waals surface area contributed by atoms with Crippen LogP contribution in [0, 0.1) is 0 Å². The summed E-state index contributed by atoms with van der Waals surface area (Å²) in [5.41, 5.74) is 1.76. The summed E-state index contributed by atoms with van der Waals surface area (Å²) in [5, 5.41) is 3.44. The van der Waals surface area contributed by atoms with Gasteiger partial charge >= 0.3 is 0 Å². The quantitative estimate of drug-likeness (QED) is 0.436. The third-order valence-corrected chi connectivity index (χ3v) is 8.23. The number of sulfonamides is 1. The predicted molar refractivity (Wildman–Crippen MR) is 133 cm³/mol. The molecule has 2 heterocycles. The molecule has 34 heavy (non-hydrogen) atoms. The molecule has 9 heteroatoms. The molecule has 2 aromatic carbocycles. The van der Waals surface area contributed by atoms with Gasteiger partial charge in [-0.1, -0.05) is 48.5 Å². The van der Waals surface area contributed by atoms with E-state index in [1.165, 1.54) is 22.3 Å². The Kier molecular flexibility index (Phi) is 8.21. The zero-order chi connectivity index (χ0) is 23.8. The SMILES string of the molecule is O=C(CSc1ccc(S(=O)(=O)N2CCCCC2)cn1)Nc1ccc(OCc2ccccc2)cc1. The molecule has 7 nitrogen and oxygen atoms in total. The molecule has 0 saturated carbocycles. The normalized spacial score (nSPS) is 14.5. The van der Waals surface area contributed by atoms with Gasteiger partial charge in [0.15, 0.2) is 0 Å². The average molecular weight is 498 g/mol. The highest BCUT2D eigenvalue weighted by molar-refractivity contribution is 7.99. The van der Waals surface area contributed by atoms with E-state index >= 15 is 0 Å². The van der Waals surface area contributed by atoms with Gasteiger partial charge in [-0.15, -0.1) is 0 Å². The molecule has 1 aromatic heterocycles. The minimum atomic E-state index is -3.50. The number of anilines is 1. The first-order chi connectivity index (χ1) is 16.5. The molecular weight excluding hydrogens is 470 g/mol. The second-order valence-electron chi connectivity index (χ2n) is 7.93. The maximum absolute atomic E-state index is 12.7. The van der Waals surface area contributed by atoms with Crippen LogP contribution in [0.3, 0.4) is 0 Å². The predicted octanol–water partition coefficient (Wildman–Crippen LogP) is 4.57. The number of hydrogen-bond donors (Lipinski definition) is 1. The monoisotopic (exact) mass is 497 g/mol. The summed E-state index contributed by atoms with van der Waals surface area (Å²) in [6.07, 6.45) is 4.21. The molecule has 3 aromatic rings. The Bertz CT molecular complexity index is 1180. The lowest BCUT2D eigenvalue weighted by atomic mass is 10.2. The fraction of sp³-hybridized carbons (Fsp3) is 0.280. The summed E-state index contributed by atoms with van der Waals surface area (Å²) >= 11 is 1.26. The summed E-state index contributed by atoms with van der Waals surface area (Å²) in [4.78, 5) is 16.7. The minimum Gasteiger partial charge on any atom is -0.489 e. The molecule has 1 saturated heterocycles. The second-order valence-corrected chi connectivity index (χ2v) is 10.9. The van der Waals surface area contributed by atoms with Crippen LogP contribution in [0.25, 0.3) is 0 Å². The standard InChI is InChI=1S/C25H27N3O4S2/c29-24(27-21-9-11-22(12-10-21)32-18-20-7-3-1-4-8-20)19-33-25-14-13-23(17-26-25)34(30,31)28-15-5-2-6-16-28/h1,3-4,7-14,17H,2,5-6,15-16,18-19H2,(H,27,29). The second kappa shape index (κ2) is 11.5. The van der Waals surface area contributed by atoms with Crippen LogP contribution in [-0.2, 0) is 21.4 Å². The molecule has 0 bridgehead atoms. The number of nitrogens with zero attached hydrogens (tertiary/aromatic N) is 2. The van der Waals surface area contributed by atoms with E-state index in [4.69, 9.17) is 4.74 Å². The Morgan fingerprint density at radius 1 is 0.971 bits per heavy atom.